The molecule has 1 fully saturated rings. The van der Waals surface area contributed by atoms with E-state index in [9.17, 15) is 0 Å². The van der Waals surface area contributed by atoms with Crippen LogP contribution in [0.1, 0.15) is 24.2 Å². The summed E-state index contributed by atoms with van der Waals surface area (Å²) in [6.07, 6.45) is 2.24. The normalized spacial score (nSPS) is 14.1. The highest BCUT2D eigenvalue weighted by atomic mass is 15.3. The summed E-state index contributed by atoms with van der Waals surface area (Å²) in [5, 5.41) is 18.0. The molecule has 0 N–H and O–H groups in total. The summed E-state index contributed by atoms with van der Waals surface area (Å²) in [6.45, 7) is 1.85. The van der Waals surface area contributed by atoms with E-state index in [1.807, 2.05) is 31.1 Å². The number of nitriles is 2. The molecule has 92 valence electrons. The maximum atomic E-state index is 9.01. The summed E-state index contributed by atoms with van der Waals surface area (Å²) < 4.78 is 0. The van der Waals surface area contributed by atoms with Crippen LogP contribution >= 0.6 is 0 Å². The summed E-state index contributed by atoms with van der Waals surface area (Å²) in [5.74, 6) is 1.35. The van der Waals surface area contributed by atoms with Crippen LogP contribution in [0.15, 0.2) is 0 Å². The molecule has 0 unspecified atom stereocenters. The molecule has 6 heteroatoms. The minimum atomic E-state index is 0.0872. The zero-order valence-corrected chi connectivity index (χ0v) is 10.5. The smallest absolute Gasteiger partial charge is 0.179 e. The Hall–Kier alpha value is -2.34. The van der Waals surface area contributed by atoms with Gasteiger partial charge in [-0.2, -0.15) is 10.5 Å². The number of nitrogens with zero attached hydrogens (tertiary/aromatic N) is 6. The third-order valence-electron chi connectivity index (χ3n) is 2.90. The first-order valence-corrected chi connectivity index (χ1v) is 5.82. The van der Waals surface area contributed by atoms with Crippen LogP contribution in [0.25, 0.3) is 0 Å². The molecule has 0 atom stereocenters. The van der Waals surface area contributed by atoms with Crippen LogP contribution in [0.3, 0.4) is 0 Å². The van der Waals surface area contributed by atoms with Crippen molar-refractivity contribution in [3.05, 3.63) is 11.4 Å². The summed E-state index contributed by atoms with van der Waals surface area (Å²) in [6, 6.07) is 3.85. The number of anilines is 2. The van der Waals surface area contributed by atoms with Gasteiger partial charge >= 0.3 is 0 Å². The first-order chi connectivity index (χ1) is 8.67. The van der Waals surface area contributed by atoms with Crippen molar-refractivity contribution >= 4 is 11.6 Å². The topological polar surface area (TPSA) is 79.8 Å². The van der Waals surface area contributed by atoms with E-state index in [1.54, 1.807) is 0 Å². The van der Waals surface area contributed by atoms with Gasteiger partial charge in [0.1, 0.15) is 12.1 Å². The molecular weight excluding hydrogens is 228 g/mol. The Morgan fingerprint density at radius 1 is 1.06 bits per heavy atom. The molecule has 6 nitrogen and oxygen atoms in total. The highest BCUT2D eigenvalue weighted by molar-refractivity contribution is 5.64. The minimum Gasteiger partial charge on any atom is -0.360 e. The van der Waals surface area contributed by atoms with Crippen molar-refractivity contribution in [1.29, 1.82) is 10.5 Å². The molecule has 0 radical (unpaired) electrons. The lowest BCUT2D eigenvalue weighted by molar-refractivity contribution is 0.902. The Morgan fingerprint density at radius 2 is 1.61 bits per heavy atom. The van der Waals surface area contributed by atoms with Gasteiger partial charge < -0.3 is 9.80 Å². The summed E-state index contributed by atoms with van der Waals surface area (Å²) in [4.78, 5) is 12.5. The maximum Gasteiger partial charge on any atom is 0.179 e. The third-order valence-corrected chi connectivity index (χ3v) is 2.90. The average molecular weight is 242 g/mol. The molecule has 0 spiro atoms. The summed E-state index contributed by atoms with van der Waals surface area (Å²) in [5.41, 5.74) is 0.189. The van der Waals surface area contributed by atoms with Crippen molar-refractivity contribution in [3.63, 3.8) is 0 Å². The Kier molecular flexibility index (Phi) is 3.29. The highest BCUT2D eigenvalue weighted by Crippen LogP contribution is 2.27. The molecule has 0 aliphatic carbocycles. The maximum absolute atomic E-state index is 9.01. The van der Waals surface area contributed by atoms with E-state index in [1.165, 1.54) is 0 Å². The van der Waals surface area contributed by atoms with Gasteiger partial charge in [-0.05, 0) is 12.8 Å². The van der Waals surface area contributed by atoms with Crippen LogP contribution < -0.4 is 9.80 Å². The van der Waals surface area contributed by atoms with Gasteiger partial charge in [-0.3, -0.25) is 0 Å². The first-order valence-electron chi connectivity index (χ1n) is 5.82. The van der Waals surface area contributed by atoms with Gasteiger partial charge in [0.2, 0.25) is 0 Å². The fraction of sp³-hybridized carbons (Fsp3) is 0.500. The molecule has 2 rings (SSSR count). The van der Waals surface area contributed by atoms with E-state index in [-0.39, 0.29) is 11.4 Å². The highest BCUT2D eigenvalue weighted by Gasteiger charge is 2.22. The lowest BCUT2D eigenvalue weighted by Gasteiger charge is -2.23. The lowest BCUT2D eigenvalue weighted by Crippen LogP contribution is -2.25. The van der Waals surface area contributed by atoms with Crippen molar-refractivity contribution in [2.45, 2.75) is 12.8 Å². The molecular formula is C12H14N6. The van der Waals surface area contributed by atoms with E-state index in [2.05, 4.69) is 14.9 Å². The van der Waals surface area contributed by atoms with Crippen molar-refractivity contribution in [2.75, 3.05) is 37.0 Å². The van der Waals surface area contributed by atoms with Crippen LogP contribution in [0.4, 0.5) is 11.6 Å². The summed E-state index contributed by atoms with van der Waals surface area (Å²) in [7, 11) is 3.72. The second-order valence-electron chi connectivity index (χ2n) is 4.38. The zero-order chi connectivity index (χ0) is 13.1. The summed E-state index contributed by atoms with van der Waals surface area (Å²) >= 11 is 0. The van der Waals surface area contributed by atoms with Gasteiger partial charge in [0.05, 0.1) is 0 Å². The van der Waals surface area contributed by atoms with E-state index in [0.717, 1.165) is 25.9 Å². The van der Waals surface area contributed by atoms with E-state index in [0.29, 0.717) is 11.6 Å². The van der Waals surface area contributed by atoms with Crippen molar-refractivity contribution < 1.29 is 0 Å². The predicted octanol–water partition coefficient (Wildman–Crippen LogP) is 0.886. The van der Waals surface area contributed by atoms with Gasteiger partial charge in [-0.25, -0.2) is 9.97 Å². The quantitative estimate of drug-likeness (QED) is 0.766. The zero-order valence-electron chi connectivity index (χ0n) is 10.5. The molecule has 0 saturated carbocycles. The Labute approximate surface area is 106 Å². The van der Waals surface area contributed by atoms with Crippen LogP contribution in [0, 0.1) is 22.7 Å². The fourth-order valence-electron chi connectivity index (χ4n) is 2.01. The average Bonchev–Trinajstić information content (AvgIpc) is 2.90. The number of hydrogen-bond donors (Lipinski definition) is 0. The standard InChI is InChI=1S/C12H14N6/c1-17(2)11-12(18-5-3-4-6-18)16-10(8-14)9(7-13)15-11/h3-6H2,1-2H3. The molecule has 1 aromatic rings. The molecule has 18 heavy (non-hydrogen) atoms. The minimum absolute atomic E-state index is 0.0872. The largest absolute Gasteiger partial charge is 0.360 e. The van der Waals surface area contributed by atoms with Gasteiger partial charge in [0.15, 0.2) is 23.0 Å². The van der Waals surface area contributed by atoms with Gasteiger partial charge in [0, 0.05) is 27.2 Å². The first kappa shape index (κ1) is 12.1. The molecule has 0 bridgehead atoms. The van der Waals surface area contributed by atoms with E-state index >= 15 is 0 Å². The molecule has 2 heterocycles. The van der Waals surface area contributed by atoms with Gasteiger partial charge in [-0.15, -0.1) is 0 Å². The van der Waals surface area contributed by atoms with Gasteiger partial charge in [-0.1, -0.05) is 0 Å². The van der Waals surface area contributed by atoms with Crippen molar-refractivity contribution in [2.24, 2.45) is 0 Å². The Bertz CT molecular complexity index is 531. The Morgan fingerprint density at radius 3 is 2.11 bits per heavy atom. The molecule has 1 aliphatic rings. The number of rotatable bonds is 2. The van der Waals surface area contributed by atoms with Crippen LogP contribution in [0.5, 0.6) is 0 Å². The van der Waals surface area contributed by atoms with Crippen LogP contribution in [-0.4, -0.2) is 37.2 Å². The van der Waals surface area contributed by atoms with E-state index < -0.39 is 0 Å². The Balaban J connectivity index is 2.56. The van der Waals surface area contributed by atoms with E-state index in [4.69, 9.17) is 10.5 Å². The fourth-order valence-corrected chi connectivity index (χ4v) is 2.01. The molecule has 1 aliphatic heterocycles. The monoisotopic (exact) mass is 242 g/mol. The molecule has 1 aromatic heterocycles. The number of hydrogen-bond acceptors (Lipinski definition) is 6. The SMILES string of the molecule is CN(C)c1nc(C#N)c(C#N)nc1N1CCCC1. The second-order valence-corrected chi connectivity index (χ2v) is 4.38. The third kappa shape index (κ3) is 2.05. The number of aromatic nitrogens is 2. The van der Waals surface area contributed by atoms with Crippen molar-refractivity contribution in [3.8, 4) is 12.1 Å². The predicted molar refractivity (Wildman–Crippen MR) is 67.2 cm³/mol. The molecule has 0 aromatic carbocycles. The van der Waals surface area contributed by atoms with Crippen LogP contribution in [0.2, 0.25) is 0 Å². The molecule has 1 saturated heterocycles. The second kappa shape index (κ2) is 4.89. The van der Waals surface area contributed by atoms with Crippen LogP contribution in [-0.2, 0) is 0 Å². The lowest BCUT2D eigenvalue weighted by atomic mass is 10.3. The van der Waals surface area contributed by atoms with Gasteiger partial charge in [0.25, 0.3) is 0 Å². The molecule has 0 amide bonds. The van der Waals surface area contributed by atoms with Crippen molar-refractivity contribution in [1.82, 2.24) is 9.97 Å².